The van der Waals surface area contributed by atoms with Crippen molar-refractivity contribution in [2.45, 2.75) is 6.42 Å². The molecule has 4 heteroatoms. The van der Waals surface area contributed by atoms with Gasteiger partial charge in [-0.15, -0.1) is 0 Å². The molecule has 0 spiro atoms. The Balaban J connectivity index is 1.56. The summed E-state index contributed by atoms with van der Waals surface area (Å²) in [5.41, 5.74) is 3.54. The number of amides is 1. The number of carbonyl (C=O) groups is 1. The first-order chi connectivity index (χ1) is 13.8. The Labute approximate surface area is 164 Å². The molecule has 2 N–H and O–H groups in total. The SMILES string of the molecule is O=C(NCCc1ccccc1)c1cc(Nc2ccccc2)nc2ccccc12. The van der Waals surface area contributed by atoms with Crippen molar-refractivity contribution in [3.8, 4) is 0 Å². The molecule has 3 aromatic carbocycles. The predicted octanol–water partition coefficient (Wildman–Crippen LogP) is 4.95. The van der Waals surface area contributed by atoms with Crippen molar-refractivity contribution >= 4 is 28.3 Å². The Hall–Kier alpha value is -3.66. The van der Waals surface area contributed by atoms with Crippen LogP contribution in [-0.2, 0) is 6.42 Å². The van der Waals surface area contributed by atoms with Crippen molar-refractivity contribution < 1.29 is 4.79 Å². The molecule has 0 fully saturated rings. The molecule has 0 aliphatic carbocycles. The van der Waals surface area contributed by atoms with E-state index in [1.807, 2.05) is 78.9 Å². The van der Waals surface area contributed by atoms with Crippen LogP contribution in [0.2, 0.25) is 0 Å². The van der Waals surface area contributed by atoms with E-state index in [1.54, 1.807) is 0 Å². The van der Waals surface area contributed by atoms with Crippen molar-refractivity contribution in [1.29, 1.82) is 0 Å². The first-order valence-electron chi connectivity index (χ1n) is 9.33. The molecular weight excluding hydrogens is 346 g/mol. The average molecular weight is 367 g/mol. The van der Waals surface area contributed by atoms with Crippen molar-refractivity contribution in [2.75, 3.05) is 11.9 Å². The maximum Gasteiger partial charge on any atom is 0.252 e. The maximum atomic E-state index is 12.9. The summed E-state index contributed by atoms with van der Waals surface area (Å²) in [5.74, 6) is 0.559. The van der Waals surface area contributed by atoms with E-state index in [4.69, 9.17) is 0 Å². The summed E-state index contributed by atoms with van der Waals surface area (Å²) in [5, 5.41) is 7.16. The Morgan fingerprint density at radius 1 is 0.821 bits per heavy atom. The number of benzene rings is 3. The highest BCUT2D eigenvalue weighted by molar-refractivity contribution is 6.07. The largest absolute Gasteiger partial charge is 0.352 e. The van der Waals surface area contributed by atoms with Crippen LogP contribution >= 0.6 is 0 Å². The van der Waals surface area contributed by atoms with E-state index in [1.165, 1.54) is 5.56 Å². The summed E-state index contributed by atoms with van der Waals surface area (Å²) < 4.78 is 0. The summed E-state index contributed by atoms with van der Waals surface area (Å²) in [7, 11) is 0. The topological polar surface area (TPSA) is 54.0 Å². The number of nitrogens with zero attached hydrogens (tertiary/aromatic N) is 1. The predicted molar refractivity (Wildman–Crippen MR) is 114 cm³/mol. The highest BCUT2D eigenvalue weighted by Crippen LogP contribution is 2.23. The quantitative estimate of drug-likeness (QED) is 0.507. The third kappa shape index (κ3) is 4.18. The average Bonchev–Trinajstić information content (AvgIpc) is 2.74. The van der Waals surface area contributed by atoms with Crippen LogP contribution in [-0.4, -0.2) is 17.4 Å². The molecule has 0 atom stereocenters. The van der Waals surface area contributed by atoms with Crippen LogP contribution in [0.25, 0.3) is 10.9 Å². The van der Waals surface area contributed by atoms with Crippen molar-refractivity contribution in [2.24, 2.45) is 0 Å². The van der Waals surface area contributed by atoms with Gasteiger partial charge < -0.3 is 10.6 Å². The van der Waals surface area contributed by atoms with Gasteiger partial charge in [-0.05, 0) is 36.2 Å². The second kappa shape index (κ2) is 8.35. The lowest BCUT2D eigenvalue weighted by Crippen LogP contribution is -2.26. The number of pyridine rings is 1. The van der Waals surface area contributed by atoms with Gasteiger partial charge in [0.05, 0.1) is 11.1 Å². The highest BCUT2D eigenvalue weighted by atomic mass is 16.1. The minimum atomic E-state index is -0.0920. The summed E-state index contributed by atoms with van der Waals surface area (Å²) in [6.07, 6.45) is 0.796. The van der Waals surface area contributed by atoms with Gasteiger partial charge in [-0.1, -0.05) is 66.7 Å². The van der Waals surface area contributed by atoms with E-state index in [9.17, 15) is 4.79 Å². The molecule has 1 heterocycles. The number of hydrogen-bond acceptors (Lipinski definition) is 3. The van der Waals surface area contributed by atoms with Crippen LogP contribution in [0.15, 0.2) is 91.0 Å². The first kappa shape index (κ1) is 17.7. The van der Waals surface area contributed by atoms with Gasteiger partial charge in [0.25, 0.3) is 5.91 Å². The number of fused-ring (bicyclic) bond motifs is 1. The number of nitrogens with one attached hydrogen (secondary N) is 2. The Bertz CT molecular complexity index is 1080. The monoisotopic (exact) mass is 367 g/mol. The Kier molecular flexibility index (Phi) is 5.29. The van der Waals surface area contributed by atoms with Crippen LogP contribution < -0.4 is 10.6 Å². The minimum Gasteiger partial charge on any atom is -0.352 e. The summed E-state index contributed by atoms with van der Waals surface area (Å²) in [6, 6.07) is 29.5. The number of rotatable bonds is 6. The van der Waals surface area contributed by atoms with Crippen LogP contribution in [0.3, 0.4) is 0 Å². The van der Waals surface area contributed by atoms with Gasteiger partial charge >= 0.3 is 0 Å². The fourth-order valence-electron chi connectivity index (χ4n) is 3.16. The maximum absolute atomic E-state index is 12.9. The van der Waals surface area contributed by atoms with Gasteiger partial charge in [-0.25, -0.2) is 4.98 Å². The Morgan fingerprint density at radius 3 is 2.29 bits per heavy atom. The standard InChI is InChI=1S/C24H21N3O/c28-24(25-16-15-18-9-3-1-4-10-18)21-17-23(26-19-11-5-2-6-12-19)27-22-14-8-7-13-20(21)22/h1-14,17H,15-16H2,(H,25,28)(H,26,27). The normalized spacial score (nSPS) is 10.6. The minimum absolute atomic E-state index is 0.0920. The Morgan fingerprint density at radius 2 is 1.50 bits per heavy atom. The van der Waals surface area contributed by atoms with E-state index in [2.05, 4.69) is 27.8 Å². The number of carbonyl (C=O) groups excluding carboxylic acids is 1. The van der Waals surface area contributed by atoms with E-state index in [0.29, 0.717) is 17.9 Å². The summed E-state index contributed by atoms with van der Waals surface area (Å²) >= 11 is 0. The zero-order chi connectivity index (χ0) is 19.2. The molecule has 0 aliphatic rings. The third-order valence-electron chi connectivity index (χ3n) is 4.55. The van der Waals surface area contributed by atoms with Crippen LogP contribution in [0, 0.1) is 0 Å². The van der Waals surface area contributed by atoms with Crippen LogP contribution in [0.1, 0.15) is 15.9 Å². The van der Waals surface area contributed by atoms with Crippen molar-refractivity contribution in [3.63, 3.8) is 0 Å². The summed E-state index contributed by atoms with van der Waals surface area (Å²) in [6.45, 7) is 0.584. The van der Waals surface area contributed by atoms with Crippen molar-refractivity contribution in [1.82, 2.24) is 10.3 Å². The first-order valence-corrected chi connectivity index (χ1v) is 9.33. The molecule has 1 aromatic heterocycles. The molecule has 0 unspecified atom stereocenters. The molecule has 4 nitrogen and oxygen atoms in total. The molecule has 0 radical (unpaired) electrons. The lowest BCUT2D eigenvalue weighted by molar-refractivity contribution is 0.0956. The lowest BCUT2D eigenvalue weighted by Gasteiger charge is -2.12. The van der Waals surface area contributed by atoms with Gasteiger partial charge in [0.15, 0.2) is 0 Å². The third-order valence-corrected chi connectivity index (χ3v) is 4.55. The number of aromatic nitrogens is 1. The van der Waals surface area contributed by atoms with Crippen LogP contribution in [0.5, 0.6) is 0 Å². The van der Waals surface area contributed by atoms with Gasteiger partial charge in [-0.3, -0.25) is 4.79 Å². The van der Waals surface area contributed by atoms with E-state index in [0.717, 1.165) is 23.0 Å². The molecule has 138 valence electrons. The fourth-order valence-corrected chi connectivity index (χ4v) is 3.16. The molecule has 0 saturated heterocycles. The molecular formula is C24H21N3O. The van der Waals surface area contributed by atoms with E-state index >= 15 is 0 Å². The fraction of sp³-hybridized carbons (Fsp3) is 0.0833. The van der Waals surface area contributed by atoms with Crippen molar-refractivity contribution in [3.05, 3.63) is 102 Å². The molecule has 0 bridgehead atoms. The molecule has 28 heavy (non-hydrogen) atoms. The van der Waals surface area contributed by atoms with Crippen LogP contribution in [0.4, 0.5) is 11.5 Å². The second-order valence-corrected chi connectivity index (χ2v) is 6.55. The van der Waals surface area contributed by atoms with Gasteiger partial charge in [0, 0.05) is 17.6 Å². The number of hydrogen-bond donors (Lipinski definition) is 2. The lowest BCUT2D eigenvalue weighted by atomic mass is 10.1. The molecule has 0 saturated carbocycles. The molecule has 1 amide bonds. The number of anilines is 2. The van der Waals surface area contributed by atoms with Gasteiger partial charge in [-0.2, -0.15) is 0 Å². The van der Waals surface area contributed by atoms with E-state index in [-0.39, 0.29) is 5.91 Å². The highest BCUT2D eigenvalue weighted by Gasteiger charge is 2.13. The molecule has 4 rings (SSSR count). The number of para-hydroxylation sites is 2. The van der Waals surface area contributed by atoms with Gasteiger partial charge in [0.1, 0.15) is 5.82 Å². The molecule has 4 aromatic rings. The van der Waals surface area contributed by atoms with E-state index < -0.39 is 0 Å². The smallest absolute Gasteiger partial charge is 0.252 e. The second-order valence-electron chi connectivity index (χ2n) is 6.55. The zero-order valence-electron chi connectivity index (χ0n) is 15.4. The molecule has 0 aliphatic heterocycles. The summed E-state index contributed by atoms with van der Waals surface area (Å²) in [4.78, 5) is 17.5. The zero-order valence-corrected chi connectivity index (χ0v) is 15.4. The van der Waals surface area contributed by atoms with Gasteiger partial charge in [0.2, 0.25) is 0 Å².